The lowest BCUT2D eigenvalue weighted by atomic mass is 9.93. The van der Waals surface area contributed by atoms with E-state index in [2.05, 4.69) is 28.1 Å². The third-order valence-corrected chi connectivity index (χ3v) is 3.52. The first-order chi connectivity index (χ1) is 8.83. The molecule has 1 heterocycles. The summed E-state index contributed by atoms with van der Waals surface area (Å²) in [6, 6.07) is 8.33. The minimum atomic E-state index is -0.410. The Labute approximate surface area is 123 Å². The average molecular weight is 326 g/mol. The van der Waals surface area contributed by atoms with E-state index < -0.39 is 5.60 Å². The highest BCUT2D eigenvalue weighted by Crippen LogP contribution is 2.24. The Morgan fingerprint density at radius 3 is 2.68 bits per heavy atom. The van der Waals surface area contributed by atoms with Crippen molar-refractivity contribution >= 4 is 22.0 Å². The number of nitrogens with zero attached hydrogens (tertiary/aromatic N) is 1. The van der Waals surface area contributed by atoms with Crippen molar-refractivity contribution in [2.24, 2.45) is 5.92 Å². The number of rotatable bonds is 2. The van der Waals surface area contributed by atoms with Gasteiger partial charge in [-0.25, -0.2) is 4.79 Å². The van der Waals surface area contributed by atoms with Crippen LogP contribution in [0.3, 0.4) is 0 Å². The van der Waals surface area contributed by atoms with Crippen LogP contribution in [0.5, 0.6) is 0 Å². The summed E-state index contributed by atoms with van der Waals surface area (Å²) in [4.78, 5) is 13.6. The van der Waals surface area contributed by atoms with E-state index in [1.165, 1.54) is 5.56 Å². The molecule has 0 N–H and O–H groups in total. The summed E-state index contributed by atoms with van der Waals surface area (Å²) in [6.07, 6.45) is 0.816. The number of likely N-dealkylation sites (tertiary alicyclic amines) is 1. The summed E-state index contributed by atoms with van der Waals surface area (Å²) >= 11 is 3.48. The molecular weight excluding hydrogens is 306 g/mol. The van der Waals surface area contributed by atoms with Gasteiger partial charge >= 0.3 is 6.09 Å². The number of amides is 1. The van der Waals surface area contributed by atoms with Crippen LogP contribution in [0.2, 0.25) is 0 Å². The fraction of sp³-hybridized carbons (Fsp3) is 0.533. The summed E-state index contributed by atoms with van der Waals surface area (Å²) in [7, 11) is 0. The van der Waals surface area contributed by atoms with Gasteiger partial charge in [-0.1, -0.05) is 28.1 Å². The number of hydrogen-bond acceptors (Lipinski definition) is 2. The zero-order valence-electron chi connectivity index (χ0n) is 11.6. The Kier molecular flexibility index (Phi) is 4.19. The van der Waals surface area contributed by atoms with Crippen LogP contribution < -0.4 is 0 Å². The van der Waals surface area contributed by atoms with Gasteiger partial charge in [-0.05, 0) is 50.8 Å². The van der Waals surface area contributed by atoms with Crippen molar-refractivity contribution in [1.29, 1.82) is 0 Å². The number of carbonyl (C=O) groups is 1. The second kappa shape index (κ2) is 5.53. The highest BCUT2D eigenvalue weighted by Gasteiger charge is 2.33. The van der Waals surface area contributed by atoms with Crippen molar-refractivity contribution in [3.63, 3.8) is 0 Å². The minimum Gasteiger partial charge on any atom is -0.444 e. The summed E-state index contributed by atoms with van der Waals surface area (Å²) in [5, 5.41) is 0. The van der Waals surface area contributed by atoms with Crippen molar-refractivity contribution in [2.75, 3.05) is 13.1 Å². The molecule has 19 heavy (non-hydrogen) atoms. The molecule has 0 bridgehead atoms. The second-order valence-electron chi connectivity index (χ2n) is 6.09. The molecule has 104 valence electrons. The zero-order chi connectivity index (χ0) is 14.0. The van der Waals surface area contributed by atoms with Gasteiger partial charge < -0.3 is 9.64 Å². The number of ether oxygens (including phenoxy) is 1. The highest BCUT2D eigenvalue weighted by atomic mass is 79.9. The number of halogens is 1. The van der Waals surface area contributed by atoms with Gasteiger partial charge in [-0.3, -0.25) is 0 Å². The summed E-state index contributed by atoms with van der Waals surface area (Å²) in [5.41, 5.74) is 0.898. The fourth-order valence-corrected chi connectivity index (χ4v) is 2.62. The predicted octanol–water partition coefficient (Wildman–Crippen LogP) is 3.86. The second-order valence-corrected chi connectivity index (χ2v) is 7.00. The molecule has 0 saturated carbocycles. The molecule has 1 amide bonds. The van der Waals surface area contributed by atoms with Crippen LogP contribution in [0.4, 0.5) is 4.79 Å². The maximum Gasteiger partial charge on any atom is 0.410 e. The molecule has 1 aliphatic rings. The third kappa shape index (κ3) is 4.23. The van der Waals surface area contributed by atoms with Crippen molar-refractivity contribution in [3.8, 4) is 0 Å². The van der Waals surface area contributed by atoms with Gasteiger partial charge in [0.25, 0.3) is 0 Å². The van der Waals surface area contributed by atoms with Crippen LogP contribution in [-0.4, -0.2) is 29.7 Å². The van der Waals surface area contributed by atoms with Crippen LogP contribution in [-0.2, 0) is 11.2 Å². The third-order valence-electron chi connectivity index (χ3n) is 3.02. The maximum absolute atomic E-state index is 11.8. The van der Waals surface area contributed by atoms with E-state index >= 15 is 0 Å². The number of carbonyl (C=O) groups excluding carboxylic acids is 1. The van der Waals surface area contributed by atoms with Gasteiger partial charge in [0.2, 0.25) is 0 Å². The molecule has 4 heteroatoms. The van der Waals surface area contributed by atoms with E-state index in [1.54, 1.807) is 4.90 Å². The maximum atomic E-state index is 11.8. The van der Waals surface area contributed by atoms with Crippen molar-refractivity contribution < 1.29 is 9.53 Å². The molecule has 3 nitrogen and oxygen atoms in total. The topological polar surface area (TPSA) is 29.5 Å². The van der Waals surface area contributed by atoms with E-state index in [9.17, 15) is 4.79 Å². The monoisotopic (exact) mass is 325 g/mol. The SMILES string of the molecule is CC(C)(C)OC(=O)N1CC(Cc2cccc(Br)c2)C1. The Hall–Kier alpha value is -1.03. The highest BCUT2D eigenvalue weighted by molar-refractivity contribution is 9.10. The van der Waals surface area contributed by atoms with E-state index in [-0.39, 0.29) is 6.09 Å². The Balaban J connectivity index is 1.79. The molecule has 0 aliphatic carbocycles. The van der Waals surface area contributed by atoms with Crippen LogP contribution in [0.15, 0.2) is 28.7 Å². The summed E-state index contributed by atoms with van der Waals surface area (Å²) in [5.74, 6) is 0.543. The molecule has 1 aliphatic heterocycles. The molecule has 2 rings (SSSR count). The van der Waals surface area contributed by atoms with Crippen molar-refractivity contribution in [3.05, 3.63) is 34.3 Å². The van der Waals surface area contributed by atoms with Crippen molar-refractivity contribution in [1.82, 2.24) is 4.90 Å². The lowest BCUT2D eigenvalue weighted by molar-refractivity contribution is -0.000879. The van der Waals surface area contributed by atoms with Gasteiger partial charge in [0.1, 0.15) is 5.60 Å². The fourth-order valence-electron chi connectivity index (χ4n) is 2.17. The van der Waals surface area contributed by atoms with E-state index in [1.807, 2.05) is 32.9 Å². The Morgan fingerprint density at radius 2 is 2.11 bits per heavy atom. The molecular formula is C15H20BrNO2. The lowest BCUT2D eigenvalue weighted by Crippen LogP contribution is -2.52. The molecule has 0 radical (unpaired) electrons. The van der Waals surface area contributed by atoms with Gasteiger partial charge in [0, 0.05) is 17.6 Å². The minimum absolute atomic E-state index is 0.196. The average Bonchev–Trinajstić information content (AvgIpc) is 2.20. The van der Waals surface area contributed by atoms with Gasteiger partial charge in [0.05, 0.1) is 0 Å². The molecule has 1 saturated heterocycles. The van der Waals surface area contributed by atoms with Crippen LogP contribution >= 0.6 is 15.9 Å². The largest absolute Gasteiger partial charge is 0.444 e. The van der Waals surface area contributed by atoms with E-state index in [0.29, 0.717) is 5.92 Å². The first kappa shape index (κ1) is 14.4. The molecule has 0 atom stereocenters. The zero-order valence-corrected chi connectivity index (χ0v) is 13.2. The summed E-state index contributed by atoms with van der Waals surface area (Å²) in [6.45, 7) is 7.26. The Bertz CT molecular complexity index is 461. The molecule has 1 fully saturated rings. The first-order valence-electron chi connectivity index (χ1n) is 6.56. The number of hydrogen-bond donors (Lipinski definition) is 0. The van der Waals surface area contributed by atoms with Gasteiger partial charge in [-0.2, -0.15) is 0 Å². The van der Waals surface area contributed by atoms with Crippen molar-refractivity contribution in [2.45, 2.75) is 32.8 Å². The summed E-state index contributed by atoms with van der Waals surface area (Å²) < 4.78 is 6.44. The van der Waals surface area contributed by atoms with Crippen LogP contribution in [0.1, 0.15) is 26.3 Å². The molecule has 0 unspecified atom stereocenters. The lowest BCUT2D eigenvalue weighted by Gasteiger charge is -2.39. The molecule has 1 aromatic carbocycles. The van der Waals surface area contributed by atoms with Crippen LogP contribution in [0, 0.1) is 5.92 Å². The van der Waals surface area contributed by atoms with Gasteiger partial charge in [-0.15, -0.1) is 0 Å². The normalized spacial score (nSPS) is 16.1. The standard InChI is InChI=1S/C15H20BrNO2/c1-15(2,3)19-14(18)17-9-12(10-17)7-11-5-4-6-13(16)8-11/h4-6,8,12H,7,9-10H2,1-3H3. The smallest absolute Gasteiger partial charge is 0.410 e. The van der Waals surface area contributed by atoms with E-state index in [0.717, 1.165) is 24.0 Å². The molecule has 1 aromatic rings. The molecule has 0 aromatic heterocycles. The first-order valence-corrected chi connectivity index (χ1v) is 7.35. The Morgan fingerprint density at radius 1 is 1.42 bits per heavy atom. The number of benzene rings is 1. The van der Waals surface area contributed by atoms with Gasteiger partial charge in [0.15, 0.2) is 0 Å². The predicted molar refractivity (Wildman–Crippen MR) is 79.1 cm³/mol. The van der Waals surface area contributed by atoms with Crippen LogP contribution in [0.25, 0.3) is 0 Å². The quantitative estimate of drug-likeness (QED) is 0.826. The molecule has 0 spiro atoms. The van der Waals surface area contributed by atoms with E-state index in [4.69, 9.17) is 4.74 Å².